The molecule has 1 amide bonds. The lowest BCUT2D eigenvalue weighted by atomic mass is 9.75. The van der Waals surface area contributed by atoms with Crippen LogP contribution in [-0.4, -0.2) is 59.5 Å². The van der Waals surface area contributed by atoms with Crippen LogP contribution in [-0.2, 0) is 0 Å². The van der Waals surface area contributed by atoms with Gasteiger partial charge in [-0.25, -0.2) is 0 Å². The molecule has 6 heteroatoms. The Morgan fingerprint density at radius 2 is 2.12 bits per heavy atom. The Morgan fingerprint density at radius 1 is 1.27 bits per heavy atom. The average Bonchev–Trinajstić information content (AvgIpc) is 3.37. The zero-order valence-corrected chi connectivity index (χ0v) is 15.7. The van der Waals surface area contributed by atoms with Crippen LogP contribution >= 0.6 is 11.3 Å². The van der Waals surface area contributed by atoms with Crippen molar-refractivity contribution in [3.63, 3.8) is 0 Å². The summed E-state index contributed by atoms with van der Waals surface area (Å²) in [5.74, 6) is 2.01. The van der Waals surface area contributed by atoms with Crippen molar-refractivity contribution >= 4 is 17.2 Å². The predicted molar refractivity (Wildman–Crippen MR) is 101 cm³/mol. The molecular formula is C20H23N3O2S. The highest BCUT2D eigenvalue weighted by Gasteiger charge is 2.54. The number of carbonyl (C=O) groups excluding carboxylic acids is 1. The van der Waals surface area contributed by atoms with Gasteiger partial charge in [-0.2, -0.15) is 0 Å². The zero-order valence-electron chi connectivity index (χ0n) is 14.9. The van der Waals surface area contributed by atoms with Gasteiger partial charge in [-0.05, 0) is 49.5 Å². The van der Waals surface area contributed by atoms with E-state index in [4.69, 9.17) is 4.74 Å². The molecule has 5 heterocycles. The van der Waals surface area contributed by atoms with E-state index in [0.717, 1.165) is 30.3 Å². The fraction of sp³-hybridized carbons (Fsp3) is 0.500. The third-order valence-electron chi connectivity index (χ3n) is 6.42. The SMILES string of the molecule is COc1cccc([C@H]2CN(C(=O)c3cncs3)[C@@H]3C4CCN(CC4)[C@H]23)c1. The van der Waals surface area contributed by atoms with Gasteiger partial charge >= 0.3 is 0 Å². The minimum absolute atomic E-state index is 0.154. The first kappa shape index (κ1) is 16.3. The first-order chi connectivity index (χ1) is 12.8. The molecule has 2 bridgehead atoms. The lowest BCUT2D eigenvalue weighted by Gasteiger charge is -2.51. The molecule has 0 spiro atoms. The molecule has 4 saturated heterocycles. The first-order valence-corrected chi connectivity index (χ1v) is 10.2. The van der Waals surface area contributed by atoms with Gasteiger partial charge in [0.2, 0.25) is 0 Å². The van der Waals surface area contributed by atoms with Crippen molar-refractivity contribution < 1.29 is 9.53 Å². The number of fused-ring (bicyclic) bond motifs is 2. The third kappa shape index (κ3) is 2.47. The second kappa shape index (κ2) is 6.35. The van der Waals surface area contributed by atoms with Crippen LogP contribution in [0.3, 0.4) is 0 Å². The predicted octanol–water partition coefficient (Wildman–Crippen LogP) is 2.85. The van der Waals surface area contributed by atoms with E-state index >= 15 is 0 Å². The highest BCUT2D eigenvalue weighted by molar-refractivity contribution is 7.11. The maximum Gasteiger partial charge on any atom is 0.265 e. The summed E-state index contributed by atoms with van der Waals surface area (Å²) >= 11 is 1.44. The number of likely N-dealkylation sites (tertiary alicyclic amines) is 1. The second-order valence-corrected chi connectivity index (χ2v) is 8.45. The molecule has 5 nitrogen and oxygen atoms in total. The van der Waals surface area contributed by atoms with E-state index in [9.17, 15) is 4.79 Å². The van der Waals surface area contributed by atoms with Crippen molar-refractivity contribution in [2.45, 2.75) is 30.8 Å². The summed E-state index contributed by atoms with van der Waals surface area (Å²) in [4.78, 5) is 22.8. The molecule has 0 radical (unpaired) electrons. The number of ether oxygens (including phenoxy) is 1. The molecule has 26 heavy (non-hydrogen) atoms. The molecule has 4 fully saturated rings. The van der Waals surface area contributed by atoms with Gasteiger partial charge < -0.3 is 9.64 Å². The van der Waals surface area contributed by atoms with E-state index in [-0.39, 0.29) is 5.91 Å². The van der Waals surface area contributed by atoms with Gasteiger partial charge in [-0.1, -0.05) is 12.1 Å². The number of carbonyl (C=O) groups is 1. The van der Waals surface area contributed by atoms with Crippen molar-refractivity contribution in [1.82, 2.24) is 14.8 Å². The summed E-state index contributed by atoms with van der Waals surface area (Å²) in [5.41, 5.74) is 3.03. The molecule has 0 saturated carbocycles. The van der Waals surface area contributed by atoms with Crippen LogP contribution < -0.4 is 4.74 Å². The number of rotatable bonds is 3. The normalized spacial score (nSPS) is 32.5. The Balaban J connectivity index is 1.53. The van der Waals surface area contributed by atoms with E-state index in [2.05, 4.69) is 33.0 Å². The highest BCUT2D eigenvalue weighted by Crippen LogP contribution is 2.47. The lowest BCUT2D eigenvalue weighted by Crippen LogP contribution is -2.60. The first-order valence-electron chi connectivity index (χ1n) is 9.33. The number of aromatic nitrogens is 1. The molecule has 1 aromatic carbocycles. The minimum Gasteiger partial charge on any atom is -0.497 e. The van der Waals surface area contributed by atoms with Gasteiger partial charge in [-0.15, -0.1) is 11.3 Å². The summed E-state index contributed by atoms with van der Waals surface area (Å²) in [7, 11) is 1.71. The Bertz CT molecular complexity index is 801. The van der Waals surface area contributed by atoms with Crippen LogP contribution in [0.2, 0.25) is 0 Å². The monoisotopic (exact) mass is 369 g/mol. The van der Waals surface area contributed by atoms with Crippen LogP contribution in [0.1, 0.15) is 34.0 Å². The number of benzene rings is 1. The fourth-order valence-electron chi connectivity index (χ4n) is 5.28. The molecule has 1 aromatic heterocycles. The van der Waals surface area contributed by atoms with Crippen molar-refractivity contribution in [2.75, 3.05) is 26.7 Å². The topological polar surface area (TPSA) is 45.7 Å². The Kier molecular flexibility index (Phi) is 3.98. The molecule has 136 valence electrons. The number of nitrogens with zero attached hydrogens (tertiary/aromatic N) is 3. The van der Waals surface area contributed by atoms with Crippen molar-refractivity contribution in [1.29, 1.82) is 0 Å². The van der Waals surface area contributed by atoms with E-state index in [0.29, 0.717) is 23.9 Å². The number of methoxy groups -OCH3 is 1. The number of thiazole rings is 1. The standard InChI is InChI=1S/C20H23N3O2S/c1-25-15-4-2-3-14(9-15)16-11-23(20(24)17-10-21-12-26-17)18-13-5-7-22(8-6-13)19(16)18/h2-4,9-10,12-13,16,18-19H,5-8,11H2,1H3/t16-,18-,19-/m1/s1. The largest absolute Gasteiger partial charge is 0.497 e. The maximum atomic E-state index is 13.2. The Morgan fingerprint density at radius 3 is 2.85 bits per heavy atom. The average molecular weight is 369 g/mol. The van der Waals surface area contributed by atoms with Crippen molar-refractivity contribution in [2.24, 2.45) is 5.92 Å². The summed E-state index contributed by atoms with van der Waals surface area (Å²) in [5, 5.41) is 0. The van der Waals surface area contributed by atoms with Crippen molar-refractivity contribution in [3.8, 4) is 5.75 Å². The molecule has 0 unspecified atom stereocenters. The smallest absolute Gasteiger partial charge is 0.265 e. The number of piperidine rings is 3. The second-order valence-electron chi connectivity index (χ2n) is 7.56. The summed E-state index contributed by atoms with van der Waals surface area (Å²) in [6, 6.07) is 9.13. The molecule has 6 rings (SSSR count). The van der Waals surface area contributed by atoms with Crippen LogP contribution in [0.5, 0.6) is 5.75 Å². The van der Waals surface area contributed by atoms with E-state index in [1.54, 1.807) is 18.8 Å². The van der Waals surface area contributed by atoms with Gasteiger partial charge in [-0.3, -0.25) is 14.7 Å². The van der Waals surface area contributed by atoms with Gasteiger partial charge in [0.25, 0.3) is 5.91 Å². The van der Waals surface area contributed by atoms with Gasteiger partial charge in [0, 0.05) is 18.5 Å². The molecule has 2 aromatic rings. The molecule has 0 aliphatic carbocycles. The molecule has 3 atom stereocenters. The van der Waals surface area contributed by atoms with Crippen LogP contribution in [0, 0.1) is 5.92 Å². The van der Waals surface area contributed by atoms with E-state index in [1.807, 2.05) is 6.07 Å². The zero-order chi connectivity index (χ0) is 17.7. The Hall–Kier alpha value is -1.92. The Labute approximate surface area is 157 Å². The lowest BCUT2D eigenvalue weighted by molar-refractivity contribution is -0.00327. The van der Waals surface area contributed by atoms with E-state index in [1.165, 1.54) is 29.7 Å². The minimum atomic E-state index is 0.154. The number of amides is 1. The summed E-state index contributed by atoms with van der Waals surface area (Å²) < 4.78 is 5.44. The molecule has 4 aliphatic rings. The van der Waals surface area contributed by atoms with Gasteiger partial charge in [0.15, 0.2) is 0 Å². The van der Waals surface area contributed by atoms with Gasteiger partial charge in [0.1, 0.15) is 10.6 Å². The van der Waals surface area contributed by atoms with Crippen LogP contribution in [0.4, 0.5) is 0 Å². The molecular weight excluding hydrogens is 346 g/mol. The number of hydrogen-bond acceptors (Lipinski definition) is 5. The third-order valence-corrected chi connectivity index (χ3v) is 7.18. The highest BCUT2D eigenvalue weighted by atomic mass is 32.1. The number of hydrogen-bond donors (Lipinski definition) is 0. The van der Waals surface area contributed by atoms with Crippen LogP contribution in [0.25, 0.3) is 0 Å². The maximum absolute atomic E-state index is 13.2. The molecule has 0 N–H and O–H groups in total. The van der Waals surface area contributed by atoms with Crippen LogP contribution in [0.15, 0.2) is 36.0 Å². The molecule has 4 aliphatic heterocycles. The van der Waals surface area contributed by atoms with Gasteiger partial charge in [0.05, 0.1) is 24.9 Å². The van der Waals surface area contributed by atoms with E-state index < -0.39 is 0 Å². The quantitative estimate of drug-likeness (QED) is 0.835. The van der Waals surface area contributed by atoms with Crippen molar-refractivity contribution in [3.05, 3.63) is 46.4 Å². The fourth-order valence-corrected chi connectivity index (χ4v) is 5.86. The summed E-state index contributed by atoms with van der Waals surface area (Å²) in [6.45, 7) is 3.11. The summed E-state index contributed by atoms with van der Waals surface area (Å²) in [6.07, 6.45) is 4.12.